The van der Waals surface area contributed by atoms with Crippen LogP contribution in [0.3, 0.4) is 0 Å². The minimum atomic E-state index is -1.08. The zero-order valence-corrected chi connectivity index (χ0v) is 12.4. The number of hydrogen-bond acceptors (Lipinski definition) is 2. The first-order valence-electron chi connectivity index (χ1n) is 5.60. The number of carboxylic acids is 1. The van der Waals surface area contributed by atoms with Crippen molar-refractivity contribution in [1.29, 1.82) is 0 Å². The predicted molar refractivity (Wildman–Crippen MR) is 64.1 cm³/mol. The first kappa shape index (κ1) is 13.1. The molecule has 0 bridgehead atoms. The Morgan fingerprint density at radius 1 is 1.00 bits per heavy atom. The van der Waals surface area contributed by atoms with Gasteiger partial charge in [0, 0.05) is 0 Å². The van der Waals surface area contributed by atoms with Gasteiger partial charge in [0.15, 0.2) is 3.57 Å². The lowest BCUT2D eigenvalue weighted by molar-refractivity contribution is -0.598. The zero-order valence-electron chi connectivity index (χ0n) is 10.2. The van der Waals surface area contributed by atoms with E-state index in [0.717, 1.165) is 9.13 Å². The molecule has 2 aromatic rings. The van der Waals surface area contributed by atoms with Crippen LogP contribution in [-0.2, 0) is 0 Å². The fourth-order valence-corrected chi connectivity index (χ4v) is 4.01. The maximum absolute atomic E-state index is 11.1. The van der Waals surface area contributed by atoms with Crippen LogP contribution in [0.15, 0.2) is 42.5 Å². The third kappa shape index (κ3) is 3.10. The molecular weight excluding hydrogens is 339 g/mol. The highest BCUT2D eigenvalue weighted by Gasteiger charge is 2.20. The van der Waals surface area contributed by atoms with Crippen LogP contribution >= 0.6 is 0 Å². The van der Waals surface area contributed by atoms with Gasteiger partial charge in [-0.1, -0.05) is 29.3 Å². The smallest absolute Gasteiger partial charge is 0.358 e. The second-order valence-corrected chi connectivity index (χ2v) is 7.11. The van der Waals surface area contributed by atoms with E-state index in [-0.39, 0.29) is 0 Å². The lowest BCUT2D eigenvalue weighted by Crippen LogP contribution is -3.61. The van der Waals surface area contributed by atoms with Gasteiger partial charge in [0.1, 0.15) is 0 Å². The summed E-state index contributed by atoms with van der Waals surface area (Å²) in [4.78, 5) is 11.1. The molecule has 2 nitrogen and oxygen atoms in total. The van der Waals surface area contributed by atoms with Gasteiger partial charge >= 0.3 is 21.2 Å². The zero-order chi connectivity index (χ0) is 13.1. The molecule has 0 aliphatic carbocycles. The van der Waals surface area contributed by atoms with Crippen molar-refractivity contribution < 1.29 is 31.1 Å². The molecule has 0 unspecified atom stereocenters. The van der Waals surface area contributed by atoms with Crippen molar-refractivity contribution in [3.05, 3.63) is 66.3 Å². The lowest BCUT2D eigenvalue weighted by Gasteiger charge is -2.03. The standard InChI is InChI=1S/C15H13IO2/c1-10-3-6-12(7-4-10)16-14-8-5-11(2)9-13(14)15(17)18/h3-9H,1-2H3. The van der Waals surface area contributed by atoms with Gasteiger partial charge in [-0.25, -0.2) is 0 Å². The van der Waals surface area contributed by atoms with Gasteiger partial charge in [0.2, 0.25) is 3.57 Å². The Labute approximate surface area is 117 Å². The fourth-order valence-electron chi connectivity index (χ4n) is 1.59. The van der Waals surface area contributed by atoms with Gasteiger partial charge in [0.05, 0.1) is 11.5 Å². The molecule has 0 spiro atoms. The Balaban J connectivity index is 2.34. The Morgan fingerprint density at radius 2 is 1.61 bits per heavy atom. The Hall–Kier alpha value is -1.36. The molecule has 0 saturated carbocycles. The number of carbonyl (C=O) groups excluding carboxylic acids is 1. The molecule has 92 valence electrons. The van der Waals surface area contributed by atoms with Crippen molar-refractivity contribution in [2.45, 2.75) is 13.8 Å². The van der Waals surface area contributed by atoms with Crippen LogP contribution < -0.4 is 26.3 Å². The molecular formula is C15H13IO2. The summed E-state index contributed by atoms with van der Waals surface area (Å²) < 4.78 is 2.12. The van der Waals surface area contributed by atoms with Gasteiger partial charge in [-0.2, -0.15) is 0 Å². The highest BCUT2D eigenvalue weighted by Crippen LogP contribution is 2.03. The highest BCUT2D eigenvalue weighted by atomic mass is 127. The number of carbonyl (C=O) groups is 1. The average Bonchev–Trinajstić information content (AvgIpc) is 2.34. The second-order valence-electron chi connectivity index (χ2n) is 4.16. The number of benzene rings is 2. The molecule has 0 atom stereocenters. The summed E-state index contributed by atoms with van der Waals surface area (Å²) >= 11 is -0.473. The minimum absolute atomic E-state index is 0.336. The molecule has 0 aliphatic rings. The molecule has 0 amide bonds. The molecule has 0 heterocycles. The molecule has 0 fully saturated rings. The monoisotopic (exact) mass is 352 g/mol. The van der Waals surface area contributed by atoms with Crippen LogP contribution in [-0.4, -0.2) is 5.97 Å². The molecule has 0 aromatic heterocycles. The summed E-state index contributed by atoms with van der Waals surface area (Å²) in [6.07, 6.45) is 0. The van der Waals surface area contributed by atoms with E-state index in [9.17, 15) is 9.90 Å². The van der Waals surface area contributed by atoms with Crippen LogP contribution in [0, 0.1) is 21.0 Å². The van der Waals surface area contributed by atoms with Crippen molar-refractivity contribution in [1.82, 2.24) is 0 Å². The first-order valence-corrected chi connectivity index (χ1v) is 7.75. The Morgan fingerprint density at radius 3 is 2.22 bits per heavy atom. The summed E-state index contributed by atoms with van der Waals surface area (Å²) in [6.45, 7) is 3.93. The van der Waals surface area contributed by atoms with E-state index in [1.165, 1.54) is 9.13 Å². The normalized spacial score (nSPS) is 10.3. The molecule has 18 heavy (non-hydrogen) atoms. The largest absolute Gasteiger partial charge is 0.545 e. The Kier molecular flexibility index (Phi) is 4.01. The van der Waals surface area contributed by atoms with E-state index in [2.05, 4.69) is 24.3 Å². The molecule has 2 rings (SSSR count). The number of rotatable bonds is 3. The molecule has 0 saturated heterocycles. The molecule has 0 radical (unpaired) electrons. The van der Waals surface area contributed by atoms with Crippen LogP contribution in [0.1, 0.15) is 21.5 Å². The van der Waals surface area contributed by atoms with Crippen molar-refractivity contribution in [3.63, 3.8) is 0 Å². The van der Waals surface area contributed by atoms with Crippen LogP contribution in [0.4, 0.5) is 0 Å². The fraction of sp³-hybridized carbons (Fsp3) is 0.133. The third-order valence-electron chi connectivity index (χ3n) is 2.56. The van der Waals surface area contributed by atoms with E-state index in [1.54, 1.807) is 6.07 Å². The minimum Gasteiger partial charge on any atom is -0.545 e. The van der Waals surface area contributed by atoms with Gasteiger partial charge in [-0.05, 0) is 38.1 Å². The van der Waals surface area contributed by atoms with Gasteiger partial charge < -0.3 is 9.90 Å². The Bertz CT molecular complexity index is 574. The summed E-state index contributed by atoms with van der Waals surface area (Å²) in [5.74, 6) is -1.08. The summed E-state index contributed by atoms with van der Waals surface area (Å²) in [5.41, 5.74) is 2.50. The summed E-state index contributed by atoms with van der Waals surface area (Å²) in [6, 6.07) is 13.8. The highest BCUT2D eigenvalue weighted by molar-refractivity contribution is 5.85. The van der Waals surface area contributed by atoms with Crippen LogP contribution in [0.5, 0.6) is 0 Å². The molecule has 2 aromatic carbocycles. The van der Waals surface area contributed by atoms with E-state index in [1.807, 2.05) is 26.0 Å². The SMILES string of the molecule is Cc1ccc([I+]c2ccc(C)cc2C(=O)[O-])cc1. The second kappa shape index (κ2) is 5.52. The lowest BCUT2D eigenvalue weighted by atomic mass is 10.1. The molecule has 3 heteroatoms. The van der Waals surface area contributed by atoms with Crippen LogP contribution in [0.2, 0.25) is 0 Å². The third-order valence-corrected chi connectivity index (χ3v) is 5.43. The quantitative estimate of drug-likeness (QED) is 0.651. The average molecular weight is 352 g/mol. The van der Waals surface area contributed by atoms with E-state index in [4.69, 9.17) is 0 Å². The van der Waals surface area contributed by atoms with Crippen LogP contribution in [0.25, 0.3) is 0 Å². The van der Waals surface area contributed by atoms with Gasteiger partial charge in [-0.3, -0.25) is 0 Å². The molecule has 0 N–H and O–H groups in total. The molecule has 0 aliphatic heterocycles. The maximum Gasteiger partial charge on any atom is 0.358 e. The van der Waals surface area contributed by atoms with E-state index in [0.29, 0.717) is 5.56 Å². The topological polar surface area (TPSA) is 40.1 Å². The summed E-state index contributed by atoms with van der Waals surface area (Å²) in [7, 11) is 0. The van der Waals surface area contributed by atoms with Gasteiger partial charge in [-0.15, -0.1) is 0 Å². The number of carboxylic acid groups (broad SMARTS) is 1. The summed E-state index contributed by atoms with van der Waals surface area (Å²) in [5, 5.41) is 11.1. The van der Waals surface area contributed by atoms with Crippen molar-refractivity contribution in [2.24, 2.45) is 0 Å². The predicted octanol–water partition coefficient (Wildman–Crippen LogP) is -1.20. The van der Waals surface area contributed by atoms with E-state index >= 15 is 0 Å². The van der Waals surface area contributed by atoms with E-state index < -0.39 is 27.2 Å². The first-order chi connectivity index (χ1) is 8.56. The van der Waals surface area contributed by atoms with Crippen molar-refractivity contribution in [2.75, 3.05) is 0 Å². The maximum atomic E-state index is 11.1. The van der Waals surface area contributed by atoms with Crippen molar-refractivity contribution in [3.8, 4) is 0 Å². The van der Waals surface area contributed by atoms with Crippen molar-refractivity contribution >= 4 is 5.97 Å². The number of aryl methyl sites for hydroxylation is 2. The number of aromatic carboxylic acids is 1. The number of halogens is 1. The van der Waals surface area contributed by atoms with Gasteiger partial charge in [0.25, 0.3) is 0 Å². The number of hydrogen-bond donors (Lipinski definition) is 0.